The summed E-state index contributed by atoms with van der Waals surface area (Å²) >= 11 is 0. The second-order valence-corrected chi connectivity index (χ2v) is 10.0. The van der Waals surface area contributed by atoms with Gasteiger partial charge in [-0.05, 0) is 46.9 Å². The Labute approximate surface area is 232 Å². The third-order valence-corrected chi connectivity index (χ3v) is 7.66. The Morgan fingerprint density at radius 1 is 0.875 bits per heavy atom. The summed E-state index contributed by atoms with van der Waals surface area (Å²) in [6, 6.07) is 32.5. The number of para-hydroxylation sites is 2. The predicted molar refractivity (Wildman–Crippen MR) is 153 cm³/mol. The van der Waals surface area contributed by atoms with Crippen LogP contribution in [0.1, 0.15) is 41.4 Å². The van der Waals surface area contributed by atoms with Gasteiger partial charge >= 0.3 is 12.1 Å². The number of rotatable bonds is 8. The van der Waals surface area contributed by atoms with Gasteiger partial charge in [0.1, 0.15) is 18.5 Å². The van der Waals surface area contributed by atoms with E-state index < -0.39 is 18.1 Å². The fraction of sp³-hybridized carbons (Fsp3) is 0.182. The van der Waals surface area contributed by atoms with Gasteiger partial charge in [0.15, 0.2) is 0 Å². The van der Waals surface area contributed by atoms with Crippen LogP contribution < -0.4 is 5.32 Å². The third kappa shape index (κ3) is 4.71. The average molecular weight is 532 g/mol. The Hall–Kier alpha value is -4.91. The van der Waals surface area contributed by atoms with E-state index in [0.717, 1.165) is 38.9 Å². The van der Waals surface area contributed by atoms with E-state index >= 15 is 0 Å². The molecule has 1 amide bonds. The molecule has 0 saturated carbocycles. The Morgan fingerprint density at radius 2 is 1.48 bits per heavy atom. The van der Waals surface area contributed by atoms with Gasteiger partial charge in [0.2, 0.25) is 0 Å². The molecule has 7 heteroatoms. The summed E-state index contributed by atoms with van der Waals surface area (Å²) in [4.78, 5) is 30.0. The molecule has 0 aliphatic heterocycles. The van der Waals surface area contributed by atoms with Crippen LogP contribution in [0.4, 0.5) is 4.79 Å². The molecule has 7 nitrogen and oxygen atoms in total. The first kappa shape index (κ1) is 25.4. The number of nitrogens with zero attached hydrogens (tertiary/aromatic N) is 2. The van der Waals surface area contributed by atoms with E-state index in [1.807, 2.05) is 95.6 Å². The van der Waals surface area contributed by atoms with E-state index in [-0.39, 0.29) is 25.0 Å². The molecule has 0 fully saturated rings. The number of amides is 1. The number of imidazole rings is 1. The number of fused-ring (bicyclic) bond motifs is 4. The SMILES string of the molecule is CC(c1ccccc1)n1c(CC(NC(=O)OCC2c3ccccc3-c3ccccc32)C(=O)O)nc2ccccc21. The van der Waals surface area contributed by atoms with Crippen LogP contribution in [0.5, 0.6) is 0 Å². The van der Waals surface area contributed by atoms with Gasteiger partial charge in [-0.3, -0.25) is 0 Å². The van der Waals surface area contributed by atoms with Gasteiger partial charge in [0, 0.05) is 12.3 Å². The summed E-state index contributed by atoms with van der Waals surface area (Å²) in [6.45, 7) is 2.16. The Bertz CT molecular complexity index is 1650. The van der Waals surface area contributed by atoms with Crippen LogP contribution in [-0.2, 0) is 16.0 Å². The summed E-state index contributed by atoms with van der Waals surface area (Å²) < 4.78 is 7.67. The number of alkyl carbamates (subject to hydrolysis) is 1. The van der Waals surface area contributed by atoms with E-state index in [4.69, 9.17) is 9.72 Å². The van der Waals surface area contributed by atoms with E-state index in [1.54, 1.807) is 0 Å². The van der Waals surface area contributed by atoms with Crippen LogP contribution >= 0.6 is 0 Å². The highest BCUT2D eigenvalue weighted by atomic mass is 16.5. The summed E-state index contributed by atoms with van der Waals surface area (Å²) in [5.74, 6) is -0.694. The summed E-state index contributed by atoms with van der Waals surface area (Å²) in [6.07, 6.45) is -0.765. The summed E-state index contributed by atoms with van der Waals surface area (Å²) in [5.41, 5.74) is 7.18. The number of carboxylic acids is 1. The van der Waals surface area contributed by atoms with Crippen molar-refractivity contribution in [1.82, 2.24) is 14.9 Å². The van der Waals surface area contributed by atoms with E-state index in [2.05, 4.69) is 24.4 Å². The first-order valence-electron chi connectivity index (χ1n) is 13.4. The molecule has 0 saturated heterocycles. The highest BCUT2D eigenvalue weighted by Crippen LogP contribution is 2.44. The molecule has 2 N–H and O–H groups in total. The van der Waals surface area contributed by atoms with Crippen molar-refractivity contribution in [2.24, 2.45) is 0 Å². The van der Waals surface area contributed by atoms with Crippen LogP contribution in [0.2, 0.25) is 0 Å². The zero-order valence-corrected chi connectivity index (χ0v) is 22.0. The molecule has 1 aliphatic carbocycles. The molecule has 0 bridgehead atoms. The second kappa shape index (κ2) is 10.7. The quantitative estimate of drug-likeness (QED) is 0.249. The zero-order chi connectivity index (χ0) is 27.6. The fourth-order valence-electron chi connectivity index (χ4n) is 5.72. The Morgan fingerprint density at radius 3 is 2.15 bits per heavy atom. The molecule has 1 heterocycles. The lowest BCUT2D eigenvalue weighted by Gasteiger charge is -2.21. The van der Waals surface area contributed by atoms with Crippen LogP contribution in [0.15, 0.2) is 103 Å². The number of carbonyl (C=O) groups excluding carboxylic acids is 1. The minimum absolute atomic E-state index is 0.00534. The third-order valence-electron chi connectivity index (χ3n) is 7.66. The molecule has 6 rings (SSSR count). The number of aromatic nitrogens is 2. The lowest BCUT2D eigenvalue weighted by Crippen LogP contribution is -2.43. The van der Waals surface area contributed by atoms with Crippen LogP contribution in [0.25, 0.3) is 22.2 Å². The Kier molecular flexibility index (Phi) is 6.78. The molecule has 0 radical (unpaired) electrons. The number of aliphatic carboxylic acids is 1. The molecule has 4 aromatic carbocycles. The van der Waals surface area contributed by atoms with Crippen molar-refractivity contribution in [3.8, 4) is 11.1 Å². The maximum Gasteiger partial charge on any atom is 0.407 e. The first-order chi connectivity index (χ1) is 19.5. The fourth-order valence-corrected chi connectivity index (χ4v) is 5.72. The van der Waals surface area contributed by atoms with Crippen molar-refractivity contribution in [3.63, 3.8) is 0 Å². The van der Waals surface area contributed by atoms with Gasteiger partial charge in [-0.1, -0.05) is 91.0 Å². The van der Waals surface area contributed by atoms with Gasteiger partial charge in [-0.25, -0.2) is 14.6 Å². The van der Waals surface area contributed by atoms with Crippen molar-refractivity contribution in [3.05, 3.63) is 126 Å². The van der Waals surface area contributed by atoms with Crippen LogP contribution in [-0.4, -0.2) is 39.4 Å². The molecule has 200 valence electrons. The average Bonchev–Trinajstić information content (AvgIpc) is 3.51. The highest BCUT2D eigenvalue weighted by molar-refractivity contribution is 5.82. The summed E-state index contributed by atoms with van der Waals surface area (Å²) in [7, 11) is 0. The smallest absolute Gasteiger partial charge is 0.407 e. The normalized spacial score (nSPS) is 13.8. The van der Waals surface area contributed by atoms with Crippen molar-refractivity contribution in [2.75, 3.05) is 6.61 Å². The number of hydrogen-bond donors (Lipinski definition) is 2. The van der Waals surface area contributed by atoms with E-state index in [0.29, 0.717) is 5.82 Å². The van der Waals surface area contributed by atoms with Gasteiger partial charge in [-0.2, -0.15) is 0 Å². The number of benzene rings is 4. The molecular weight excluding hydrogens is 502 g/mol. The lowest BCUT2D eigenvalue weighted by molar-refractivity contribution is -0.139. The highest BCUT2D eigenvalue weighted by Gasteiger charge is 2.30. The monoisotopic (exact) mass is 531 g/mol. The maximum atomic E-state index is 12.9. The van der Waals surface area contributed by atoms with Crippen molar-refractivity contribution < 1.29 is 19.4 Å². The van der Waals surface area contributed by atoms with E-state index in [9.17, 15) is 14.7 Å². The predicted octanol–water partition coefficient (Wildman–Crippen LogP) is 6.18. The maximum absolute atomic E-state index is 12.9. The van der Waals surface area contributed by atoms with Gasteiger partial charge < -0.3 is 19.7 Å². The first-order valence-corrected chi connectivity index (χ1v) is 13.4. The van der Waals surface area contributed by atoms with Crippen molar-refractivity contribution in [1.29, 1.82) is 0 Å². The number of ether oxygens (including phenoxy) is 1. The van der Waals surface area contributed by atoms with E-state index in [1.165, 1.54) is 0 Å². The van der Waals surface area contributed by atoms with Gasteiger partial charge in [-0.15, -0.1) is 0 Å². The standard InChI is InChI=1S/C33H29N3O4/c1-21(22-11-3-2-4-12-22)36-30-18-10-9-17-28(30)34-31(36)19-29(32(37)38)35-33(39)40-20-27-25-15-7-5-13-23(25)24-14-6-8-16-26(24)27/h2-18,21,27,29H,19-20H2,1H3,(H,35,39)(H,37,38). The molecule has 1 aromatic heterocycles. The molecule has 1 aliphatic rings. The molecule has 0 spiro atoms. The molecule has 2 unspecified atom stereocenters. The molecular formula is C33H29N3O4. The van der Waals surface area contributed by atoms with Crippen molar-refractivity contribution in [2.45, 2.75) is 31.3 Å². The number of nitrogens with one attached hydrogen (secondary N) is 1. The topological polar surface area (TPSA) is 93.5 Å². The van der Waals surface area contributed by atoms with Crippen molar-refractivity contribution >= 4 is 23.1 Å². The Balaban J connectivity index is 1.21. The lowest BCUT2D eigenvalue weighted by atomic mass is 9.98. The largest absolute Gasteiger partial charge is 0.480 e. The van der Waals surface area contributed by atoms with Gasteiger partial charge in [0.05, 0.1) is 17.1 Å². The second-order valence-electron chi connectivity index (χ2n) is 10.0. The number of carbonyl (C=O) groups is 2. The molecule has 5 aromatic rings. The van der Waals surface area contributed by atoms with Crippen LogP contribution in [0.3, 0.4) is 0 Å². The van der Waals surface area contributed by atoms with Crippen LogP contribution in [0, 0.1) is 0 Å². The van der Waals surface area contributed by atoms with Gasteiger partial charge in [0.25, 0.3) is 0 Å². The number of carboxylic acid groups (broad SMARTS) is 1. The molecule has 40 heavy (non-hydrogen) atoms. The summed E-state index contributed by atoms with van der Waals surface area (Å²) in [5, 5.41) is 12.6. The molecule has 2 atom stereocenters. The zero-order valence-electron chi connectivity index (χ0n) is 22.0. The minimum atomic E-state index is -1.21. The number of hydrogen-bond acceptors (Lipinski definition) is 4. The minimum Gasteiger partial charge on any atom is -0.480 e.